The summed E-state index contributed by atoms with van der Waals surface area (Å²) in [6.45, 7) is 1.68. The molecule has 0 amide bonds. The first-order chi connectivity index (χ1) is 11.0. The summed E-state index contributed by atoms with van der Waals surface area (Å²) in [4.78, 5) is 11.6. The summed E-state index contributed by atoms with van der Waals surface area (Å²) < 4.78 is 31.5. The third-order valence-electron chi connectivity index (χ3n) is 4.15. The maximum atomic E-state index is 12.6. The molecule has 0 saturated carbocycles. The van der Waals surface area contributed by atoms with Crippen LogP contribution in [0.15, 0.2) is 24.3 Å². The average molecular weight is 340 g/mol. The number of carbonyl (C=O) groups excluding carboxylic acids is 1. The zero-order valence-electron chi connectivity index (χ0n) is 13.4. The van der Waals surface area contributed by atoms with E-state index in [2.05, 4.69) is 4.74 Å². The highest BCUT2D eigenvalue weighted by Gasteiger charge is 2.28. The number of nitrogens with zero attached hydrogens (tertiary/aromatic N) is 1. The molecule has 0 aliphatic carbocycles. The van der Waals surface area contributed by atoms with E-state index in [1.807, 2.05) is 0 Å². The second kappa shape index (κ2) is 7.90. The van der Waals surface area contributed by atoms with Gasteiger partial charge in [-0.2, -0.15) is 0 Å². The van der Waals surface area contributed by atoms with E-state index in [-0.39, 0.29) is 5.75 Å². The molecule has 23 heavy (non-hydrogen) atoms. The Kier molecular flexibility index (Phi) is 6.15. The van der Waals surface area contributed by atoms with Crippen molar-refractivity contribution >= 4 is 16.0 Å². The van der Waals surface area contributed by atoms with E-state index >= 15 is 0 Å². The third kappa shape index (κ3) is 4.76. The Morgan fingerprint density at radius 2 is 2.22 bits per heavy atom. The molecule has 0 radical (unpaired) electrons. The van der Waals surface area contributed by atoms with Gasteiger partial charge in [-0.3, -0.25) is 0 Å². The molecule has 1 aromatic rings. The van der Waals surface area contributed by atoms with Crippen LogP contribution in [-0.4, -0.2) is 45.4 Å². The van der Waals surface area contributed by atoms with Crippen molar-refractivity contribution < 1.29 is 17.9 Å². The Bertz CT molecular complexity index is 643. The standard InChI is InChI=1S/C16H24N2O4S/c1-22-16(19)15-6-2-4-14(10-15)12-23(20,21)18-9-3-5-13(11-18)7-8-17/h2,4,6,10,13H,3,5,7-9,11-12,17H2,1H3. The van der Waals surface area contributed by atoms with Crippen molar-refractivity contribution in [1.82, 2.24) is 4.31 Å². The van der Waals surface area contributed by atoms with Crippen LogP contribution in [0.5, 0.6) is 0 Å². The SMILES string of the molecule is COC(=O)c1cccc(CS(=O)(=O)N2CCCC(CCN)C2)c1. The maximum Gasteiger partial charge on any atom is 0.337 e. The van der Waals surface area contributed by atoms with Crippen molar-refractivity contribution in [3.63, 3.8) is 0 Å². The van der Waals surface area contributed by atoms with Crippen LogP contribution in [0.2, 0.25) is 0 Å². The summed E-state index contributed by atoms with van der Waals surface area (Å²) in [7, 11) is -2.09. The van der Waals surface area contributed by atoms with Gasteiger partial charge in [0.1, 0.15) is 0 Å². The number of rotatable bonds is 6. The highest BCUT2D eigenvalue weighted by atomic mass is 32.2. The molecule has 1 saturated heterocycles. The van der Waals surface area contributed by atoms with Gasteiger partial charge in [-0.15, -0.1) is 0 Å². The fraction of sp³-hybridized carbons (Fsp3) is 0.562. The second-order valence-electron chi connectivity index (χ2n) is 5.89. The molecule has 1 aromatic carbocycles. The van der Waals surface area contributed by atoms with Crippen LogP contribution < -0.4 is 5.73 Å². The van der Waals surface area contributed by atoms with Gasteiger partial charge in [-0.1, -0.05) is 12.1 Å². The van der Waals surface area contributed by atoms with Gasteiger partial charge < -0.3 is 10.5 Å². The highest BCUT2D eigenvalue weighted by molar-refractivity contribution is 7.88. The molecule has 6 nitrogen and oxygen atoms in total. The molecule has 1 unspecified atom stereocenters. The molecule has 128 valence electrons. The Morgan fingerprint density at radius 3 is 2.91 bits per heavy atom. The van der Waals surface area contributed by atoms with Gasteiger partial charge in [0.2, 0.25) is 10.0 Å². The molecular weight excluding hydrogens is 316 g/mol. The van der Waals surface area contributed by atoms with E-state index in [0.717, 1.165) is 19.3 Å². The van der Waals surface area contributed by atoms with E-state index in [9.17, 15) is 13.2 Å². The Labute approximate surface area is 137 Å². The molecule has 2 N–H and O–H groups in total. The molecule has 2 rings (SSSR count). The smallest absolute Gasteiger partial charge is 0.337 e. The van der Waals surface area contributed by atoms with Crippen LogP contribution >= 0.6 is 0 Å². The fourth-order valence-corrected chi connectivity index (χ4v) is 4.59. The molecule has 1 aliphatic rings. The number of carbonyl (C=O) groups is 1. The topological polar surface area (TPSA) is 89.7 Å². The minimum absolute atomic E-state index is 0.104. The fourth-order valence-electron chi connectivity index (χ4n) is 2.96. The van der Waals surface area contributed by atoms with Gasteiger partial charge in [0.25, 0.3) is 0 Å². The molecular formula is C16H24N2O4S. The third-order valence-corrected chi connectivity index (χ3v) is 5.96. The predicted octanol–water partition coefficient (Wildman–Crippen LogP) is 1.36. The van der Waals surface area contributed by atoms with Crippen LogP contribution in [-0.2, 0) is 20.5 Å². The normalized spacial score (nSPS) is 19.5. The number of benzene rings is 1. The van der Waals surface area contributed by atoms with Crippen molar-refractivity contribution in [3.8, 4) is 0 Å². The van der Waals surface area contributed by atoms with Gasteiger partial charge in [0.05, 0.1) is 18.4 Å². The first-order valence-corrected chi connectivity index (χ1v) is 9.42. The molecule has 1 fully saturated rings. The largest absolute Gasteiger partial charge is 0.465 e. The van der Waals surface area contributed by atoms with E-state index in [4.69, 9.17) is 5.73 Å². The van der Waals surface area contributed by atoms with E-state index < -0.39 is 16.0 Å². The van der Waals surface area contributed by atoms with Crippen LogP contribution in [0.1, 0.15) is 35.2 Å². The molecule has 0 bridgehead atoms. The summed E-state index contributed by atoms with van der Waals surface area (Å²) in [6, 6.07) is 6.57. The van der Waals surface area contributed by atoms with Gasteiger partial charge >= 0.3 is 5.97 Å². The number of methoxy groups -OCH3 is 1. The number of nitrogens with two attached hydrogens (primary N) is 1. The number of ether oxygens (including phenoxy) is 1. The quantitative estimate of drug-likeness (QED) is 0.790. The summed E-state index contributed by atoms with van der Waals surface area (Å²) >= 11 is 0. The van der Waals surface area contributed by atoms with Gasteiger partial charge in [-0.05, 0) is 49.4 Å². The number of piperidine rings is 1. The van der Waals surface area contributed by atoms with Crippen molar-refractivity contribution in [2.24, 2.45) is 11.7 Å². The van der Waals surface area contributed by atoms with Crippen LogP contribution in [0.4, 0.5) is 0 Å². The van der Waals surface area contributed by atoms with Gasteiger partial charge in [0.15, 0.2) is 0 Å². The summed E-state index contributed by atoms with van der Waals surface area (Å²) in [5.41, 5.74) is 6.54. The number of hydrogen-bond acceptors (Lipinski definition) is 5. The number of hydrogen-bond donors (Lipinski definition) is 1. The minimum Gasteiger partial charge on any atom is -0.465 e. The first kappa shape index (κ1) is 17.9. The van der Waals surface area contributed by atoms with E-state index in [1.54, 1.807) is 28.6 Å². The minimum atomic E-state index is -3.40. The van der Waals surface area contributed by atoms with Crippen LogP contribution in [0.25, 0.3) is 0 Å². The summed E-state index contributed by atoms with van der Waals surface area (Å²) in [5.74, 6) is -0.233. The second-order valence-corrected chi connectivity index (χ2v) is 7.86. The molecule has 1 heterocycles. The molecule has 0 spiro atoms. The van der Waals surface area contributed by atoms with Crippen molar-refractivity contribution in [3.05, 3.63) is 35.4 Å². The first-order valence-electron chi connectivity index (χ1n) is 7.81. The van der Waals surface area contributed by atoms with E-state index in [0.29, 0.717) is 36.7 Å². The lowest BCUT2D eigenvalue weighted by molar-refractivity contribution is 0.0600. The maximum absolute atomic E-state index is 12.6. The lowest BCUT2D eigenvalue weighted by Gasteiger charge is -2.31. The monoisotopic (exact) mass is 340 g/mol. The predicted molar refractivity (Wildman–Crippen MR) is 88.4 cm³/mol. The van der Waals surface area contributed by atoms with Crippen LogP contribution in [0, 0.1) is 5.92 Å². The average Bonchev–Trinajstić information content (AvgIpc) is 2.54. The van der Waals surface area contributed by atoms with Crippen molar-refractivity contribution in [2.75, 3.05) is 26.7 Å². The van der Waals surface area contributed by atoms with Gasteiger partial charge in [0, 0.05) is 13.1 Å². The molecule has 1 atom stereocenters. The highest BCUT2D eigenvalue weighted by Crippen LogP contribution is 2.23. The molecule has 0 aromatic heterocycles. The zero-order valence-corrected chi connectivity index (χ0v) is 14.2. The van der Waals surface area contributed by atoms with Crippen molar-refractivity contribution in [1.29, 1.82) is 0 Å². The number of sulfonamides is 1. The Balaban J connectivity index is 2.10. The lowest BCUT2D eigenvalue weighted by Crippen LogP contribution is -2.41. The number of esters is 1. The van der Waals surface area contributed by atoms with Crippen LogP contribution in [0.3, 0.4) is 0 Å². The molecule has 7 heteroatoms. The van der Waals surface area contributed by atoms with Crippen molar-refractivity contribution in [2.45, 2.75) is 25.0 Å². The molecule has 1 aliphatic heterocycles. The zero-order chi connectivity index (χ0) is 16.9. The lowest BCUT2D eigenvalue weighted by atomic mass is 9.96. The van der Waals surface area contributed by atoms with Gasteiger partial charge in [-0.25, -0.2) is 17.5 Å². The Morgan fingerprint density at radius 1 is 1.43 bits per heavy atom. The Hall–Kier alpha value is -1.44. The van der Waals surface area contributed by atoms with E-state index in [1.165, 1.54) is 7.11 Å². The summed E-state index contributed by atoms with van der Waals surface area (Å²) in [5, 5.41) is 0. The summed E-state index contributed by atoms with van der Waals surface area (Å²) in [6.07, 6.45) is 2.75.